The molecule has 6 heteroatoms. The molecule has 1 heterocycles. The maximum Gasteiger partial charge on any atom is 0.307 e. The number of nitrogens with one attached hydrogen (secondary N) is 1. The summed E-state index contributed by atoms with van der Waals surface area (Å²) >= 11 is 1.15. The first-order chi connectivity index (χ1) is 10.1. The number of rotatable bonds is 6. The monoisotopic (exact) mass is 306 g/mol. The zero-order valence-corrected chi connectivity index (χ0v) is 12.9. The van der Waals surface area contributed by atoms with Crippen molar-refractivity contribution < 1.29 is 9.53 Å². The topological polar surface area (TPSA) is 60.3 Å². The minimum Gasteiger partial charge on any atom is -0.494 e. The van der Waals surface area contributed by atoms with E-state index in [0.717, 1.165) is 28.5 Å². The van der Waals surface area contributed by atoms with E-state index in [1.54, 1.807) is 22.1 Å². The Kier molecular flexibility index (Phi) is 5.16. The summed E-state index contributed by atoms with van der Waals surface area (Å²) in [5.41, 5.74) is 1.61. The fourth-order valence-corrected chi connectivity index (χ4v) is 2.67. The molecule has 0 bridgehead atoms. The smallest absolute Gasteiger partial charge is 0.307 e. The van der Waals surface area contributed by atoms with Crippen LogP contribution in [0.25, 0.3) is 0 Å². The Morgan fingerprint density at radius 2 is 2.05 bits per heavy atom. The molecule has 0 aliphatic carbocycles. The molecule has 0 atom stereocenters. The number of carbonyl (C=O) groups is 1. The van der Waals surface area contributed by atoms with Crippen LogP contribution in [0.5, 0.6) is 5.75 Å². The molecule has 5 nitrogen and oxygen atoms in total. The number of aromatic nitrogens is 1. The number of aryl methyl sites for hydroxylation is 1. The molecule has 0 aliphatic rings. The van der Waals surface area contributed by atoms with Crippen molar-refractivity contribution in [2.75, 3.05) is 11.9 Å². The first kappa shape index (κ1) is 15.3. The van der Waals surface area contributed by atoms with E-state index in [9.17, 15) is 9.59 Å². The van der Waals surface area contributed by atoms with Crippen molar-refractivity contribution in [3.63, 3.8) is 0 Å². The highest BCUT2D eigenvalue weighted by Crippen LogP contribution is 2.15. The molecule has 1 amide bonds. The van der Waals surface area contributed by atoms with Gasteiger partial charge in [-0.05, 0) is 38.1 Å². The lowest BCUT2D eigenvalue weighted by Crippen LogP contribution is -2.20. The summed E-state index contributed by atoms with van der Waals surface area (Å²) in [6, 6.07) is 7.22. The average molecular weight is 306 g/mol. The summed E-state index contributed by atoms with van der Waals surface area (Å²) < 4.78 is 6.95. The number of carbonyl (C=O) groups excluding carboxylic acids is 1. The molecule has 0 saturated carbocycles. The van der Waals surface area contributed by atoms with E-state index < -0.39 is 0 Å². The van der Waals surface area contributed by atoms with Crippen molar-refractivity contribution in [2.45, 2.75) is 26.8 Å². The third kappa shape index (κ3) is 4.19. The number of hydrogen-bond donors (Lipinski definition) is 1. The van der Waals surface area contributed by atoms with Crippen LogP contribution < -0.4 is 14.9 Å². The van der Waals surface area contributed by atoms with Crippen LogP contribution in [-0.4, -0.2) is 17.1 Å². The van der Waals surface area contributed by atoms with Gasteiger partial charge in [-0.3, -0.25) is 9.59 Å². The Bertz CT molecular complexity index is 658. The summed E-state index contributed by atoms with van der Waals surface area (Å²) in [6.07, 6.45) is 0.269. The first-order valence-electron chi connectivity index (χ1n) is 6.78. The quantitative estimate of drug-likeness (QED) is 0.892. The van der Waals surface area contributed by atoms with Crippen LogP contribution >= 0.6 is 11.3 Å². The maximum absolute atomic E-state index is 11.9. The predicted molar refractivity (Wildman–Crippen MR) is 84.2 cm³/mol. The molecule has 0 saturated heterocycles. The molecule has 112 valence electrons. The van der Waals surface area contributed by atoms with Crippen molar-refractivity contribution >= 4 is 22.9 Å². The van der Waals surface area contributed by atoms with Crippen molar-refractivity contribution in [1.82, 2.24) is 4.57 Å². The van der Waals surface area contributed by atoms with Gasteiger partial charge in [-0.15, -0.1) is 0 Å². The lowest BCUT2D eigenvalue weighted by Gasteiger charge is -2.08. The fraction of sp³-hybridized carbons (Fsp3) is 0.333. The Morgan fingerprint density at radius 1 is 1.33 bits per heavy atom. The van der Waals surface area contributed by atoms with Gasteiger partial charge >= 0.3 is 4.87 Å². The van der Waals surface area contributed by atoms with Crippen LogP contribution in [0.3, 0.4) is 0 Å². The number of anilines is 1. The third-order valence-corrected chi connectivity index (χ3v) is 3.87. The molecular weight excluding hydrogens is 288 g/mol. The molecule has 21 heavy (non-hydrogen) atoms. The highest BCUT2D eigenvalue weighted by atomic mass is 32.1. The van der Waals surface area contributed by atoms with Gasteiger partial charge in [0.1, 0.15) is 5.75 Å². The van der Waals surface area contributed by atoms with Gasteiger partial charge < -0.3 is 14.6 Å². The Balaban J connectivity index is 1.88. The Hall–Kier alpha value is -2.08. The maximum atomic E-state index is 11.9. The second-order valence-corrected chi connectivity index (χ2v) is 5.37. The largest absolute Gasteiger partial charge is 0.494 e. The SMILES string of the molecule is CCOc1ccc(NC(=O)CCn2c(C)csc2=O)cc1. The number of hydrogen-bond acceptors (Lipinski definition) is 4. The molecule has 0 spiro atoms. The minimum atomic E-state index is -0.114. The zero-order chi connectivity index (χ0) is 15.2. The van der Waals surface area contributed by atoms with Crippen LogP contribution in [0, 0.1) is 6.92 Å². The van der Waals surface area contributed by atoms with Gasteiger partial charge in [-0.2, -0.15) is 0 Å². The number of ether oxygens (including phenoxy) is 1. The molecule has 2 aromatic rings. The average Bonchev–Trinajstić information content (AvgIpc) is 2.78. The molecular formula is C15H18N2O3S. The van der Waals surface area contributed by atoms with Crippen LogP contribution in [0.15, 0.2) is 34.4 Å². The van der Waals surface area contributed by atoms with Crippen LogP contribution in [0.1, 0.15) is 19.0 Å². The summed E-state index contributed by atoms with van der Waals surface area (Å²) in [7, 11) is 0. The van der Waals surface area contributed by atoms with Gasteiger partial charge in [0.2, 0.25) is 5.91 Å². The highest BCUT2D eigenvalue weighted by molar-refractivity contribution is 7.07. The van der Waals surface area contributed by atoms with Crippen molar-refractivity contribution in [2.24, 2.45) is 0 Å². The van der Waals surface area contributed by atoms with Gasteiger partial charge in [0.15, 0.2) is 0 Å². The molecule has 0 fully saturated rings. The van der Waals surface area contributed by atoms with Crippen LogP contribution in [-0.2, 0) is 11.3 Å². The zero-order valence-electron chi connectivity index (χ0n) is 12.1. The van der Waals surface area contributed by atoms with E-state index in [0.29, 0.717) is 13.2 Å². The lowest BCUT2D eigenvalue weighted by atomic mass is 10.3. The Labute approximate surface area is 127 Å². The molecule has 1 aromatic carbocycles. The molecule has 1 N–H and O–H groups in total. The molecule has 1 aromatic heterocycles. The van der Waals surface area contributed by atoms with Gasteiger partial charge in [0.25, 0.3) is 0 Å². The minimum absolute atomic E-state index is 0.0265. The van der Waals surface area contributed by atoms with E-state index in [1.165, 1.54) is 0 Å². The van der Waals surface area contributed by atoms with E-state index in [4.69, 9.17) is 4.74 Å². The van der Waals surface area contributed by atoms with Gasteiger partial charge in [-0.25, -0.2) is 0 Å². The van der Waals surface area contributed by atoms with E-state index >= 15 is 0 Å². The lowest BCUT2D eigenvalue weighted by molar-refractivity contribution is -0.116. The molecule has 2 rings (SSSR count). The predicted octanol–water partition coefficient (Wildman–Crippen LogP) is 2.65. The van der Waals surface area contributed by atoms with Crippen LogP contribution in [0.4, 0.5) is 5.69 Å². The highest BCUT2D eigenvalue weighted by Gasteiger charge is 2.07. The van der Waals surface area contributed by atoms with Gasteiger partial charge in [0, 0.05) is 29.7 Å². The molecule has 0 aliphatic heterocycles. The summed E-state index contributed by atoms with van der Waals surface area (Å²) in [5, 5.41) is 4.60. The van der Waals surface area contributed by atoms with E-state index in [2.05, 4.69) is 5.32 Å². The van der Waals surface area contributed by atoms with E-state index in [-0.39, 0.29) is 17.2 Å². The molecule has 0 radical (unpaired) electrons. The van der Waals surface area contributed by atoms with Gasteiger partial charge in [0.05, 0.1) is 6.61 Å². The Morgan fingerprint density at radius 3 is 2.62 bits per heavy atom. The normalized spacial score (nSPS) is 10.4. The number of nitrogens with zero attached hydrogens (tertiary/aromatic N) is 1. The summed E-state index contributed by atoms with van der Waals surface area (Å²) in [5.74, 6) is 0.660. The second kappa shape index (κ2) is 7.08. The number of thiazole rings is 1. The van der Waals surface area contributed by atoms with Crippen molar-refractivity contribution in [1.29, 1.82) is 0 Å². The standard InChI is InChI=1S/C15H18N2O3S/c1-3-20-13-6-4-12(5-7-13)16-14(18)8-9-17-11(2)10-21-15(17)19/h4-7,10H,3,8-9H2,1-2H3,(H,16,18). The second-order valence-electron chi connectivity index (χ2n) is 4.55. The van der Waals surface area contributed by atoms with Crippen molar-refractivity contribution in [3.05, 3.63) is 45.0 Å². The van der Waals surface area contributed by atoms with E-state index in [1.807, 2.05) is 26.0 Å². The van der Waals surface area contributed by atoms with Gasteiger partial charge in [-0.1, -0.05) is 11.3 Å². The third-order valence-electron chi connectivity index (χ3n) is 2.99. The number of amides is 1. The van der Waals surface area contributed by atoms with Crippen molar-refractivity contribution in [3.8, 4) is 5.75 Å². The molecule has 0 unspecified atom stereocenters. The summed E-state index contributed by atoms with van der Waals surface area (Å²) in [4.78, 5) is 23.4. The summed E-state index contributed by atoms with van der Waals surface area (Å²) in [6.45, 7) is 4.80. The fourth-order valence-electron chi connectivity index (χ4n) is 1.91. The number of benzene rings is 1. The first-order valence-corrected chi connectivity index (χ1v) is 7.65. The van der Waals surface area contributed by atoms with Crippen LogP contribution in [0.2, 0.25) is 0 Å².